The summed E-state index contributed by atoms with van der Waals surface area (Å²) in [6, 6.07) is 1.88. The number of allylic oxidation sites excluding steroid dienone is 1. The Morgan fingerprint density at radius 2 is 2.50 bits per heavy atom. The average Bonchev–Trinajstić information content (AvgIpc) is 2.47. The predicted octanol–water partition coefficient (Wildman–Crippen LogP) is 1.46. The molecular weight excluding hydrogens is 150 g/mol. The first-order valence-corrected chi connectivity index (χ1v) is 3.79. The summed E-state index contributed by atoms with van der Waals surface area (Å²) in [7, 11) is 0. The molecule has 0 atom stereocenters. The number of imidazole rings is 1. The maximum atomic E-state index is 4.28. The maximum absolute atomic E-state index is 4.28. The van der Waals surface area contributed by atoms with Gasteiger partial charge >= 0.3 is 0 Å². The van der Waals surface area contributed by atoms with Gasteiger partial charge in [0, 0.05) is 25.0 Å². The Morgan fingerprint density at radius 1 is 1.58 bits per heavy atom. The third kappa shape index (κ3) is 1.09. The third-order valence-corrected chi connectivity index (χ3v) is 1.64. The van der Waals surface area contributed by atoms with Crippen molar-refractivity contribution in [2.24, 2.45) is 0 Å². The van der Waals surface area contributed by atoms with Crippen LogP contribution < -0.4 is 0 Å². The van der Waals surface area contributed by atoms with E-state index in [-0.39, 0.29) is 0 Å². The summed E-state index contributed by atoms with van der Waals surface area (Å²) in [5.41, 5.74) is 1.00. The Morgan fingerprint density at radius 3 is 3.25 bits per heavy atom. The van der Waals surface area contributed by atoms with Gasteiger partial charge < -0.3 is 0 Å². The van der Waals surface area contributed by atoms with Crippen molar-refractivity contribution in [2.75, 3.05) is 0 Å². The highest BCUT2D eigenvalue weighted by molar-refractivity contribution is 5.30. The molecule has 0 radical (unpaired) electrons. The lowest BCUT2D eigenvalue weighted by Gasteiger charge is -1.85. The number of hydrogen-bond donors (Lipinski definition) is 0. The quantitative estimate of drug-likeness (QED) is 0.621. The third-order valence-electron chi connectivity index (χ3n) is 1.64. The zero-order chi connectivity index (χ0) is 8.39. The molecule has 0 saturated carbocycles. The van der Waals surface area contributed by atoms with Gasteiger partial charge in [-0.05, 0) is 6.07 Å². The highest BCUT2D eigenvalue weighted by Gasteiger charge is 1.97. The first-order chi connectivity index (χ1) is 5.90. The van der Waals surface area contributed by atoms with Gasteiger partial charge in [-0.3, -0.25) is 4.40 Å². The summed E-state index contributed by atoms with van der Waals surface area (Å²) in [4.78, 5) is 8.38. The molecule has 2 aromatic heterocycles. The predicted molar refractivity (Wildman–Crippen MR) is 46.9 cm³/mol. The van der Waals surface area contributed by atoms with Gasteiger partial charge in [-0.1, -0.05) is 6.08 Å². The van der Waals surface area contributed by atoms with Gasteiger partial charge in [-0.2, -0.15) is 0 Å². The minimum absolute atomic E-state index is 0.745. The molecule has 0 aromatic carbocycles. The van der Waals surface area contributed by atoms with Crippen molar-refractivity contribution in [2.45, 2.75) is 6.42 Å². The van der Waals surface area contributed by atoms with E-state index in [0.29, 0.717) is 0 Å². The molecule has 2 rings (SSSR count). The largest absolute Gasteiger partial charge is 0.291 e. The van der Waals surface area contributed by atoms with E-state index in [1.54, 1.807) is 6.20 Å². The van der Waals surface area contributed by atoms with Crippen LogP contribution >= 0.6 is 0 Å². The Labute approximate surface area is 70.4 Å². The second-order valence-electron chi connectivity index (χ2n) is 2.55. The summed E-state index contributed by atoms with van der Waals surface area (Å²) < 4.78 is 1.90. The van der Waals surface area contributed by atoms with Crippen LogP contribution in [0.1, 0.15) is 5.69 Å². The van der Waals surface area contributed by atoms with Crippen molar-refractivity contribution in [3.8, 4) is 0 Å². The first kappa shape index (κ1) is 7.03. The summed E-state index contributed by atoms with van der Waals surface area (Å²) in [6.45, 7) is 3.66. The minimum Gasteiger partial charge on any atom is -0.291 e. The number of aromatic nitrogens is 3. The minimum atomic E-state index is 0.745. The molecule has 0 aliphatic carbocycles. The van der Waals surface area contributed by atoms with Gasteiger partial charge in [0.05, 0.1) is 5.69 Å². The van der Waals surface area contributed by atoms with Crippen LogP contribution in [-0.2, 0) is 6.42 Å². The molecule has 0 saturated heterocycles. The lowest BCUT2D eigenvalue weighted by molar-refractivity contribution is 1.11. The van der Waals surface area contributed by atoms with Crippen LogP contribution in [0, 0.1) is 0 Å². The summed E-state index contributed by atoms with van der Waals surface area (Å²) >= 11 is 0. The van der Waals surface area contributed by atoms with Gasteiger partial charge in [0.15, 0.2) is 0 Å². The van der Waals surface area contributed by atoms with Crippen molar-refractivity contribution >= 4 is 5.78 Å². The van der Waals surface area contributed by atoms with Gasteiger partial charge in [0.25, 0.3) is 0 Å². The topological polar surface area (TPSA) is 30.2 Å². The fraction of sp³-hybridized carbons (Fsp3) is 0.111. The van der Waals surface area contributed by atoms with Crippen LogP contribution in [0.15, 0.2) is 37.3 Å². The second kappa shape index (κ2) is 2.77. The smallest absolute Gasteiger partial charge is 0.233 e. The van der Waals surface area contributed by atoms with Gasteiger partial charge in [0.2, 0.25) is 5.78 Å². The molecule has 0 aliphatic rings. The molecule has 12 heavy (non-hydrogen) atoms. The maximum Gasteiger partial charge on any atom is 0.233 e. The van der Waals surface area contributed by atoms with E-state index in [1.807, 2.05) is 28.9 Å². The van der Waals surface area contributed by atoms with E-state index in [2.05, 4.69) is 16.5 Å². The zero-order valence-electron chi connectivity index (χ0n) is 6.64. The number of fused-ring (bicyclic) bond motifs is 1. The lowest BCUT2D eigenvalue weighted by Crippen LogP contribution is -1.83. The molecule has 0 spiro atoms. The fourth-order valence-corrected chi connectivity index (χ4v) is 1.13. The Balaban J connectivity index is 2.54. The zero-order valence-corrected chi connectivity index (χ0v) is 6.64. The van der Waals surface area contributed by atoms with E-state index < -0.39 is 0 Å². The van der Waals surface area contributed by atoms with E-state index >= 15 is 0 Å². The van der Waals surface area contributed by atoms with Gasteiger partial charge in [0.1, 0.15) is 0 Å². The van der Waals surface area contributed by atoms with Gasteiger partial charge in [-0.25, -0.2) is 9.97 Å². The van der Waals surface area contributed by atoms with Crippen LogP contribution in [0.5, 0.6) is 0 Å². The second-order valence-corrected chi connectivity index (χ2v) is 2.55. The molecule has 0 N–H and O–H groups in total. The van der Waals surface area contributed by atoms with E-state index in [4.69, 9.17) is 0 Å². The number of nitrogens with zero attached hydrogens (tertiary/aromatic N) is 3. The molecule has 3 nitrogen and oxygen atoms in total. The molecule has 0 amide bonds. The molecule has 60 valence electrons. The van der Waals surface area contributed by atoms with Crippen molar-refractivity contribution < 1.29 is 0 Å². The summed E-state index contributed by atoms with van der Waals surface area (Å²) in [5.74, 6) is 0.745. The van der Waals surface area contributed by atoms with Crippen LogP contribution in [0.3, 0.4) is 0 Å². The van der Waals surface area contributed by atoms with Gasteiger partial charge in [-0.15, -0.1) is 6.58 Å². The summed E-state index contributed by atoms with van der Waals surface area (Å²) in [5, 5.41) is 0. The average molecular weight is 159 g/mol. The molecular formula is C9H9N3. The number of hydrogen-bond acceptors (Lipinski definition) is 2. The number of rotatable bonds is 2. The van der Waals surface area contributed by atoms with Crippen LogP contribution in [0.2, 0.25) is 0 Å². The van der Waals surface area contributed by atoms with E-state index in [9.17, 15) is 0 Å². The van der Waals surface area contributed by atoms with E-state index in [1.165, 1.54) is 0 Å². The fourth-order valence-electron chi connectivity index (χ4n) is 1.13. The highest BCUT2D eigenvalue weighted by Crippen LogP contribution is 2.01. The Bertz CT molecular complexity index is 370. The van der Waals surface area contributed by atoms with Crippen LogP contribution in [0.4, 0.5) is 0 Å². The molecule has 0 fully saturated rings. The SMILES string of the molecule is C=CCc1cn2cccnc2n1. The molecule has 0 aliphatic heterocycles. The molecule has 0 bridgehead atoms. The Kier molecular flexibility index (Phi) is 1.63. The van der Waals surface area contributed by atoms with Crippen molar-refractivity contribution in [3.05, 3.63) is 43.0 Å². The van der Waals surface area contributed by atoms with Crippen molar-refractivity contribution in [1.82, 2.24) is 14.4 Å². The molecule has 2 aromatic rings. The van der Waals surface area contributed by atoms with Crippen molar-refractivity contribution in [1.29, 1.82) is 0 Å². The normalized spacial score (nSPS) is 10.3. The Hall–Kier alpha value is -1.64. The monoisotopic (exact) mass is 159 g/mol. The standard InChI is InChI=1S/C9H9N3/c1-2-4-8-7-12-6-3-5-10-9(12)11-8/h2-3,5-7H,1,4H2. The highest BCUT2D eigenvalue weighted by atomic mass is 15.1. The molecule has 0 unspecified atom stereocenters. The molecule has 2 heterocycles. The lowest BCUT2D eigenvalue weighted by atomic mass is 10.3. The molecule has 3 heteroatoms. The van der Waals surface area contributed by atoms with Crippen molar-refractivity contribution in [3.63, 3.8) is 0 Å². The van der Waals surface area contributed by atoms with Crippen LogP contribution in [-0.4, -0.2) is 14.4 Å². The first-order valence-electron chi connectivity index (χ1n) is 3.79. The van der Waals surface area contributed by atoms with Crippen LogP contribution in [0.25, 0.3) is 5.78 Å². The summed E-state index contributed by atoms with van der Waals surface area (Å²) in [6.07, 6.45) is 8.26. The van der Waals surface area contributed by atoms with E-state index in [0.717, 1.165) is 17.9 Å².